The highest BCUT2D eigenvalue weighted by atomic mass is 32.2. The van der Waals surface area contributed by atoms with Gasteiger partial charge in [-0.05, 0) is 32.2 Å². The van der Waals surface area contributed by atoms with Gasteiger partial charge in [-0.2, -0.15) is 4.31 Å². The molecule has 0 bridgehead atoms. The van der Waals surface area contributed by atoms with E-state index in [1.807, 2.05) is 0 Å². The minimum absolute atomic E-state index is 0.212. The van der Waals surface area contributed by atoms with Gasteiger partial charge in [0.2, 0.25) is 10.0 Å². The Kier molecular flexibility index (Phi) is 5.02. The molecule has 1 aliphatic carbocycles. The van der Waals surface area contributed by atoms with Crippen LogP contribution < -0.4 is 5.73 Å². The first-order valence-corrected chi connectivity index (χ1v) is 7.42. The van der Waals surface area contributed by atoms with E-state index in [2.05, 4.69) is 6.92 Å². The molecule has 15 heavy (non-hydrogen) atoms. The van der Waals surface area contributed by atoms with Crippen molar-refractivity contribution in [1.82, 2.24) is 4.31 Å². The summed E-state index contributed by atoms with van der Waals surface area (Å²) in [6.07, 6.45) is 4.63. The van der Waals surface area contributed by atoms with E-state index in [9.17, 15) is 8.42 Å². The summed E-state index contributed by atoms with van der Waals surface area (Å²) >= 11 is 0. The molecule has 90 valence electrons. The summed E-state index contributed by atoms with van der Waals surface area (Å²) in [5.41, 5.74) is 5.34. The first-order chi connectivity index (χ1) is 7.11. The Morgan fingerprint density at radius 1 is 1.33 bits per heavy atom. The Labute approximate surface area is 92.9 Å². The van der Waals surface area contributed by atoms with Crippen molar-refractivity contribution in [1.29, 1.82) is 0 Å². The summed E-state index contributed by atoms with van der Waals surface area (Å²) in [7, 11) is -3.04. The third-order valence-electron chi connectivity index (χ3n) is 2.65. The Balaban J connectivity index is 2.52. The third-order valence-corrected chi connectivity index (χ3v) is 4.65. The fourth-order valence-electron chi connectivity index (χ4n) is 1.61. The smallest absolute Gasteiger partial charge is 0.214 e. The maximum absolute atomic E-state index is 11.9. The molecular weight excluding hydrogens is 212 g/mol. The van der Waals surface area contributed by atoms with Crippen LogP contribution in [0.1, 0.15) is 39.0 Å². The maximum Gasteiger partial charge on any atom is 0.214 e. The quantitative estimate of drug-likeness (QED) is 0.679. The normalized spacial score (nSPS) is 17.3. The predicted octanol–water partition coefficient (Wildman–Crippen LogP) is 0.929. The van der Waals surface area contributed by atoms with Crippen molar-refractivity contribution in [3.8, 4) is 0 Å². The first kappa shape index (κ1) is 12.9. The molecule has 0 spiro atoms. The van der Waals surface area contributed by atoms with Gasteiger partial charge in [-0.1, -0.05) is 13.3 Å². The third kappa shape index (κ3) is 4.09. The number of rotatable bonds is 8. The Morgan fingerprint density at radius 2 is 2.00 bits per heavy atom. The SMILES string of the molecule is CCCCN(C1CC1)S(=O)(=O)CCCN. The number of nitrogens with zero attached hydrogens (tertiary/aromatic N) is 1. The van der Waals surface area contributed by atoms with E-state index in [-0.39, 0.29) is 5.75 Å². The number of nitrogens with two attached hydrogens (primary N) is 1. The molecule has 0 aromatic carbocycles. The van der Waals surface area contributed by atoms with Gasteiger partial charge < -0.3 is 5.73 Å². The van der Waals surface area contributed by atoms with Crippen LogP contribution in [-0.4, -0.2) is 37.6 Å². The molecule has 0 atom stereocenters. The summed E-state index contributed by atoms with van der Waals surface area (Å²) in [5, 5.41) is 0. The van der Waals surface area contributed by atoms with Crippen LogP contribution in [-0.2, 0) is 10.0 Å². The lowest BCUT2D eigenvalue weighted by Gasteiger charge is -2.21. The minimum atomic E-state index is -3.04. The topological polar surface area (TPSA) is 63.4 Å². The van der Waals surface area contributed by atoms with Crippen LogP contribution in [0.25, 0.3) is 0 Å². The lowest BCUT2D eigenvalue weighted by atomic mass is 10.3. The van der Waals surface area contributed by atoms with Crippen LogP contribution in [0.15, 0.2) is 0 Å². The second-order valence-electron chi connectivity index (χ2n) is 4.15. The van der Waals surface area contributed by atoms with Gasteiger partial charge in [0.15, 0.2) is 0 Å². The summed E-state index contributed by atoms with van der Waals surface area (Å²) in [4.78, 5) is 0. The molecule has 1 fully saturated rings. The van der Waals surface area contributed by atoms with Crippen LogP contribution in [0.3, 0.4) is 0 Å². The fourth-order valence-corrected chi connectivity index (χ4v) is 3.45. The average Bonchev–Trinajstić information content (AvgIpc) is 2.99. The predicted molar refractivity (Wildman–Crippen MR) is 62.1 cm³/mol. The van der Waals surface area contributed by atoms with Gasteiger partial charge >= 0.3 is 0 Å². The number of unbranched alkanes of at least 4 members (excludes halogenated alkanes) is 1. The van der Waals surface area contributed by atoms with Gasteiger partial charge in [0.05, 0.1) is 5.75 Å². The molecule has 4 nitrogen and oxygen atoms in total. The van der Waals surface area contributed by atoms with Crippen molar-refractivity contribution < 1.29 is 8.42 Å². The van der Waals surface area contributed by atoms with Crippen LogP contribution in [0.2, 0.25) is 0 Å². The van der Waals surface area contributed by atoms with E-state index in [4.69, 9.17) is 5.73 Å². The van der Waals surface area contributed by atoms with E-state index in [0.29, 0.717) is 25.6 Å². The van der Waals surface area contributed by atoms with Gasteiger partial charge in [-0.3, -0.25) is 0 Å². The molecule has 0 aromatic rings. The fraction of sp³-hybridized carbons (Fsp3) is 1.00. The van der Waals surface area contributed by atoms with Gasteiger partial charge in [0, 0.05) is 12.6 Å². The zero-order chi connectivity index (χ0) is 11.3. The summed E-state index contributed by atoms with van der Waals surface area (Å²) in [6, 6.07) is 0.291. The lowest BCUT2D eigenvalue weighted by molar-refractivity contribution is 0.395. The molecule has 0 amide bonds. The molecular formula is C10H22N2O2S. The lowest BCUT2D eigenvalue weighted by Crippen LogP contribution is -2.36. The highest BCUT2D eigenvalue weighted by molar-refractivity contribution is 7.89. The highest BCUT2D eigenvalue weighted by Gasteiger charge is 2.35. The number of hydrogen-bond acceptors (Lipinski definition) is 3. The van der Waals surface area contributed by atoms with E-state index in [1.165, 1.54) is 0 Å². The Bertz CT molecular complexity index is 273. The average molecular weight is 234 g/mol. The molecule has 0 radical (unpaired) electrons. The first-order valence-electron chi connectivity index (χ1n) is 5.81. The van der Waals surface area contributed by atoms with Crippen molar-refractivity contribution in [3.05, 3.63) is 0 Å². The molecule has 0 aromatic heterocycles. The zero-order valence-corrected chi connectivity index (χ0v) is 10.3. The van der Waals surface area contributed by atoms with Crippen LogP contribution in [0, 0.1) is 0 Å². The second-order valence-corrected chi connectivity index (χ2v) is 6.19. The molecule has 0 unspecified atom stereocenters. The zero-order valence-electron chi connectivity index (χ0n) is 9.48. The summed E-state index contributed by atoms with van der Waals surface area (Å²) in [6.45, 7) is 3.22. The van der Waals surface area contributed by atoms with Gasteiger partial charge in [-0.25, -0.2) is 8.42 Å². The van der Waals surface area contributed by atoms with Gasteiger partial charge in [-0.15, -0.1) is 0 Å². The van der Waals surface area contributed by atoms with Crippen molar-refractivity contribution in [2.24, 2.45) is 5.73 Å². The maximum atomic E-state index is 11.9. The molecule has 0 heterocycles. The molecule has 1 saturated carbocycles. The van der Waals surface area contributed by atoms with Crippen molar-refractivity contribution in [3.63, 3.8) is 0 Å². The van der Waals surface area contributed by atoms with Gasteiger partial charge in [0.1, 0.15) is 0 Å². The number of sulfonamides is 1. The largest absolute Gasteiger partial charge is 0.330 e. The minimum Gasteiger partial charge on any atom is -0.330 e. The molecule has 1 rings (SSSR count). The summed E-state index contributed by atoms with van der Waals surface area (Å²) < 4.78 is 25.6. The van der Waals surface area contributed by atoms with Crippen LogP contribution in [0.4, 0.5) is 0 Å². The van der Waals surface area contributed by atoms with Crippen LogP contribution >= 0.6 is 0 Å². The van der Waals surface area contributed by atoms with Crippen LogP contribution in [0.5, 0.6) is 0 Å². The van der Waals surface area contributed by atoms with E-state index < -0.39 is 10.0 Å². The molecule has 0 aliphatic heterocycles. The molecule has 5 heteroatoms. The monoisotopic (exact) mass is 234 g/mol. The Hall–Kier alpha value is -0.130. The van der Waals surface area contributed by atoms with Crippen molar-refractivity contribution >= 4 is 10.0 Å². The molecule has 2 N–H and O–H groups in total. The van der Waals surface area contributed by atoms with E-state index in [0.717, 1.165) is 25.7 Å². The van der Waals surface area contributed by atoms with Crippen molar-refractivity contribution in [2.75, 3.05) is 18.8 Å². The number of hydrogen-bond donors (Lipinski definition) is 1. The molecule has 0 saturated heterocycles. The summed E-state index contributed by atoms with van der Waals surface area (Å²) in [5.74, 6) is 0.212. The Morgan fingerprint density at radius 3 is 2.47 bits per heavy atom. The highest BCUT2D eigenvalue weighted by Crippen LogP contribution is 2.29. The second kappa shape index (κ2) is 5.82. The van der Waals surface area contributed by atoms with Crippen molar-refractivity contribution in [2.45, 2.75) is 45.1 Å². The molecule has 1 aliphatic rings. The van der Waals surface area contributed by atoms with E-state index in [1.54, 1.807) is 4.31 Å². The van der Waals surface area contributed by atoms with E-state index >= 15 is 0 Å². The van der Waals surface area contributed by atoms with Gasteiger partial charge in [0.25, 0.3) is 0 Å². The standard InChI is InChI=1S/C10H22N2O2S/c1-2-3-8-12(10-5-6-10)15(13,14)9-4-7-11/h10H,2-9,11H2,1H3.